The Labute approximate surface area is 164 Å². The van der Waals surface area contributed by atoms with Crippen molar-refractivity contribution in [1.82, 2.24) is 9.55 Å². The molecule has 0 amide bonds. The van der Waals surface area contributed by atoms with Gasteiger partial charge in [0.2, 0.25) is 0 Å². The Morgan fingerprint density at radius 3 is 2.63 bits per heavy atom. The van der Waals surface area contributed by atoms with E-state index >= 15 is 0 Å². The quantitative estimate of drug-likeness (QED) is 0.515. The molecule has 3 aromatic rings. The largest absolute Gasteiger partial charge is 0.465 e. The van der Waals surface area contributed by atoms with E-state index in [1.54, 1.807) is 6.07 Å². The van der Waals surface area contributed by atoms with Crippen molar-refractivity contribution in [2.24, 2.45) is 0 Å². The standard InChI is InChI=1S/C22H23ClN2O2/c1-3-4-13-21-24-14-20(17-10-6-7-11-18(17)22(26)27-2)25(21)15-16-9-5-8-12-19(16)23/h5-12,14H,3-4,13,15H2,1-2H3. The molecule has 1 aromatic heterocycles. The molecule has 0 fully saturated rings. The highest BCUT2D eigenvalue weighted by Gasteiger charge is 2.19. The van der Waals surface area contributed by atoms with Crippen LogP contribution >= 0.6 is 11.6 Å². The van der Waals surface area contributed by atoms with Gasteiger partial charge < -0.3 is 9.30 Å². The normalized spacial score (nSPS) is 10.8. The lowest BCUT2D eigenvalue weighted by atomic mass is 10.0. The van der Waals surface area contributed by atoms with Gasteiger partial charge in [0.15, 0.2) is 0 Å². The first kappa shape index (κ1) is 19.2. The van der Waals surface area contributed by atoms with E-state index in [-0.39, 0.29) is 5.97 Å². The molecule has 2 aromatic carbocycles. The number of unbranched alkanes of at least 4 members (excludes halogenated alkanes) is 1. The van der Waals surface area contributed by atoms with Crippen LogP contribution in [0, 0.1) is 0 Å². The summed E-state index contributed by atoms with van der Waals surface area (Å²) in [6.45, 7) is 2.76. The third kappa shape index (κ3) is 4.22. The van der Waals surface area contributed by atoms with Crippen LogP contribution in [-0.2, 0) is 17.7 Å². The number of methoxy groups -OCH3 is 1. The first-order valence-electron chi connectivity index (χ1n) is 9.11. The first-order chi connectivity index (χ1) is 13.2. The Bertz CT molecular complexity index is 934. The lowest BCUT2D eigenvalue weighted by Gasteiger charge is -2.15. The highest BCUT2D eigenvalue weighted by molar-refractivity contribution is 6.31. The fraction of sp³-hybridized carbons (Fsp3) is 0.273. The minimum atomic E-state index is -0.355. The van der Waals surface area contributed by atoms with Crippen molar-refractivity contribution in [2.75, 3.05) is 7.11 Å². The molecule has 0 atom stereocenters. The number of nitrogens with zero attached hydrogens (tertiary/aromatic N) is 2. The highest BCUT2D eigenvalue weighted by Crippen LogP contribution is 2.28. The topological polar surface area (TPSA) is 44.1 Å². The lowest BCUT2D eigenvalue weighted by Crippen LogP contribution is -2.10. The summed E-state index contributed by atoms with van der Waals surface area (Å²) in [5.74, 6) is 0.637. The van der Waals surface area contributed by atoms with E-state index in [1.807, 2.05) is 48.7 Å². The average molecular weight is 383 g/mol. The number of halogens is 1. The van der Waals surface area contributed by atoms with Crippen molar-refractivity contribution < 1.29 is 9.53 Å². The van der Waals surface area contributed by atoms with E-state index in [9.17, 15) is 4.79 Å². The summed E-state index contributed by atoms with van der Waals surface area (Å²) in [6.07, 6.45) is 4.86. The van der Waals surface area contributed by atoms with Gasteiger partial charge in [-0.15, -0.1) is 0 Å². The van der Waals surface area contributed by atoms with Gasteiger partial charge >= 0.3 is 5.97 Å². The van der Waals surface area contributed by atoms with Crippen molar-refractivity contribution >= 4 is 17.6 Å². The van der Waals surface area contributed by atoms with Crippen molar-refractivity contribution in [3.05, 3.63) is 76.7 Å². The van der Waals surface area contributed by atoms with Crippen LogP contribution in [0.15, 0.2) is 54.7 Å². The van der Waals surface area contributed by atoms with Gasteiger partial charge in [0.05, 0.1) is 31.1 Å². The van der Waals surface area contributed by atoms with E-state index in [4.69, 9.17) is 16.3 Å². The number of aryl methyl sites for hydroxylation is 1. The molecule has 0 spiro atoms. The van der Waals surface area contributed by atoms with Gasteiger partial charge in [-0.05, 0) is 24.1 Å². The molecule has 0 aliphatic carbocycles. The maximum absolute atomic E-state index is 12.2. The second-order valence-electron chi connectivity index (χ2n) is 6.38. The fourth-order valence-electron chi connectivity index (χ4n) is 3.13. The molecule has 0 saturated carbocycles. The Morgan fingerprint density at radius 2 is 1.89 bits per heavy atom. The Balaban J connectivity index is 2.10. The van der Waals surface area contributed by atoms with Crippen molar-refractivity contribution in [3.8, 4) is 11.3 Å². The molecular formula is C22H23ClN2O2. The van der Waals surface area contributed by atoms with E-state index < -0.39 is 0 Å². The highest BCUT2D eigenvalue weighted by atomic mass is 35.5. The van der Waals surface area contributed by atoms with E-state index in [0.29, 0.717) is 12.1 Å². The van der Waals surface area contributed by atoms with Gasteiger partial charge in [0, 0.05) is 17.0 Å². The first-order valence-corrected chi connectivity index (χ1v) is 9.49. The summed E-state index contributed by atoms with van der Waals surface area (Å²) in [5, 5.41) is 0.722. The van der Waals surface area contributed by atoms with Crippen molar-refractivity contribution in [3.63, 3.8) is 0 Å². The number of aromatic nitrogens is 2. The van der Waals surface area contributed by atoms with Crippen LogP contribution < -0.4 is 0 Å². The third-order valence-electron chi connectivity index (χ3n) is 4.59. The van der Waals surface area contributed by atoms with Crippen LogP contribution in [0.2, 0.25) is 5.02 Å². The number of imidazole rings is 1. The molecule has 27 heavy (non-hydrogen) atoms. The molecule has 0 saturated heterocycles. The van der Waals surface area contributed by atoms with Crippen LogP contribution in [0.1, 0.15) is 41.5 Å². The minimum Gasteiger partial charge on any atom is -0.465 e. The maximum Gasteiger partial charge on any atom is 0.338 e. The summed E-state index contributed by atoms with van der Waals surface area (Å²) in [7, 11) is 1.40. The monoisotopic (exact) mass is 382 g/mol. The Kier molecular flexibility index (Phi) is 6.30. The van der Waals surface area contributed by atoms with Gasteiger partial charge in [-0.3, -0.25) is 0 Å². The number of hydrogen-bond acceptors (Lipinski definition) is 3. The summed E-state index contributed by atoms with van der Waals surface area (Å²) in [6, 6.07) is 15.3. The summed E-state index contributed by atoms with van der Waals surface area (Å²) in [4.78, 5) is 16.9. The summed E-state index contributed by atoms with van der Waals surface area (Å²) >= 11 is 6.39. The summed E-state index contributed by atoms with van der Waals surface area (Å²) < 4.78 is 7.11. The smallest absolute Gasteiger partial charge is 0.338 e. The van der Waals surface area contributed by atoms with E-state index in [1.165, 1.54) is 7.11 Å². The van der Waals surface area contributed by atoms with Gasteiger partial charge in [-0.2, -0.15) is 0 Å². The predicted octanol–water partition coefficient (Wildman–Crippen LogP) is 5.38. The zero-order valence-electron chi connectivity index (χ0n) is 15.6. The zero-order valence-corrected chi connectivity index (χ0v) is 16.4. The van der Waals surface area contributed by atoms with Crippen molar-refractivity contribution in [1.29, 1.82) is 0 Å². The SMILES string of the molecule is CCCCc1ncc(-c2ccccc2C(=O)OC)n1Cc1ccccc1Cl. The molecule has 3 rings (SSSR count). The van der Waals surface area contributed by atoms with Crippen LogP contribution in [-0.4, -0.2) is 22.6 Å². The molecule has 0 N–H and O–H groups in total. The van der Waals surface area contributed by atoms with Crippen LogP contribution in [0.3, 0.4) is 0 Å². The molecule has 4 nitrogen and oxygen atoms in total. The second kappa shape index (κ2) is 8.87. The average Bonchev–Trinajstić information content (AvgIpc) is 3.09. The predicted molar refractivity (Wildman–Crippen MR) is 108 cm³/mol. The molecule has 0 radical (unpaired) electrons. The Morgan fingerprint density at radius 1 is 1.15 bits per heavy atom. The number of benzene rings is 2. The van der Waals surface area contributed by atoms with Gasteiger partial charge in [-0.1, -0.05) is 61.3 Å². The van der Waals surface area contributed by atoms with E-state index in [0.717, 1.165) is 46.9 Å². The van der Waals surface area contributed by atoms with Gasteiger partial charge in [0.1, 0.15) is 5.82 Å². The number of carbonyl (C=O) groups is 1. The molecule has 0 unspecified atom stereocenters. The molecule has 140 valence electrons. The number of rotatable bonds is 7. The van der Waals surface area contributed by atoms with Gasteiger partial charge in [0.25, 0.3) is 0 Å². The molecule has 0 aliphatic heterocycles. The zero-order chi connectivity index (χ0) is 19.2. The number of ether oxygens (including phenoxy) is 1. The minimum absolute atomic E-state index is 0.355. The fourth-order valence-corrected chi connectivity index (χ4v) is 3.33. The molecule has 0 aliphatic rings. The van der Waals surface area contributed by atoms with Crippen LogP contribution in [0.4, 0.5) is 0 Å². The molecular weight excluding hydrogens is 360 g/mol. The molecule has 5 heteroatoms. The van der Waals surface area contributed by atoms with E-state index in [2.05, 4.69) is 16.5 Å². The molecule has 1 heterocycles. The second-order valence-corrected chi connectivity index (χ2v) is 6.79. The van der Waals surface area contributed by atoms with Crippen molar-refractivity contribution in [2.45, 2.75) is 32.7 Å². The number of hydrogen-bond donors (Lipinski definition) is 0. The van der Waals surface area contributed by atoms with Gasteiger partial charge in [-0.25, -0.2) is 9.78 Å². The Hall–Kier alpha value is -2.59. The number of esters is 1. The summed E-state index contributed by atoms with van der Waals surface area (Å²) in [5.41, 5.74) is 3.25. The lowest BCUT2D eigenvalue weighted by molar-refractivity contribution is 0.0601. The molecule has 0 bridgehead atoms. The third-order valence-corrected chi connectivity index (χ3v) is 4.96. The number of carbonyl (C=O) groups excluding carboxylic acids is 1. The van der Waals surface area contributed by atoms with Crippen LogP contribution in [0.5, 0.6) is 0 Å². The van der Waals surface area contributed by atoms with Crippen LogP contribution in [0.25, 0.3) is 11.3 Å². The maximum atomic E-state index is 12.2.